The molecule has 2 rings (SSSR count). The van der Waals surface area contributed by atoms with Crippen molar-refractivity contribution < 1.29 is 0 Å². The van der Waals surface area contributed by atoms with E-state index in [1.165, 1.54) is 24.9 Å². The summed E-state index contributed by atoms with van der Waals surface area (Å²) >= 11 is 0. The summed E-state index contributed by atoms with van der Waals surface area (Å²) in [6, 6.07) is 4.79. The van der Waals surface area contributed by atoms with Gasteiger partial charge >= 0.3 is 0 Å². The van der Waals surface area contributed by atoms with Gasteiger partial charge in [-0.1, -0.05) is 6.07 Å². The van der Waals surface area contributed by atoms with Crippen molar-refractivity contribution >= 4 is 27.3 Å². The van der Waals surface area contributed by atoms with Gasteiger partial charge in [0.1, 0.15) is 0 Å². The van der Waals surface area contributed by atoms with E-state index in [1.54, 1.807) is 0 Å². The number of pyridine rings is 1. The second kappa shape index (κ2) is 5.05. The molecule has 0 aromatic carbocycles. The Kier molecular flexibility index (Phi) is 4.31. The van der Waals surface area contributed by atoms with Gasteiger partial charge in [-0.3, -0.25) is 9.88 Å². The third-order valence-electron chi connectivity index (χ3n) is 2.59. The quantitative estimate of drug-likeness (QED) is 0.697. The summed E-state index contributed by atoms with van der Waals surface area (Å²) in [7, 11) is 2.19. The fourth-order valence-electron chi connectivity index (χ4n) is 1.90. The molecule has 1 aromatic heterocycles. The topological polar surface area (TPSA) is 16.1 Å². The van der Waals surface area contributed by atoms with Crippen LogP contribution in [0, 0.1) is 0 Å². The van der Waals surface area contributed by atoms with Crippen molar-refractivity contribution in [2.75, 3.05) is 13.6 Å². The number of likely N-dealkylation sites (tertiary alicyclic amines) is 1. The number of aromatic nitrogens is 1. The molecule has 68 valence electrons. The Hall–Kier alpha value is 0.0321. The van der Waals surface area contributed by atoms with E-state index < -0.39 is 0 Å². The molecule has 0 spiro atoms. The van der Waals surface area contributed by atoms with Gasteiger partial charge in [0.05, 0.1) is 0 Å². The smallest absolute Gasteiger partial charge is 0.0360 e. The molecular formula is C10H14N2Pb. The van der Waals surface area contributed by atoms with E-state index in [0.29, 0.717) is 6.04 Å². The Labute approximate surface area is 99.5 Å². The summed E-state index contributed by atoms with van der Waals surface area (Å²) in [5.41, 5.74) is 1.36. The fraction of sp³-hybridized carbons (Fsp3) is 0.500. The van der Waals surface area contributed by atoms with Gasteiger partial charge in [-0.25, -0.2) is 0 Å². The first-order valence-electron chi connectivity index (χ1n) is 4.48. The van der Waals surface area contributed by atoms with Gasteiger partial charge in [0.15, 0.2) is 0 Å². The monoisotopic (exact) mass is 370 g/mol. The standard InChI is InChI=1S/C10H14N2.Pb/c1-12-7-3-5-10(12)9-4-2-6-11-8-9;/h2,4,6,8,10H,3,5,7H2,1H3;/t10-;/m0./s1. The van der Waals surface area contributed by atoms with Crippen LogP contribution in [0.4, 0.5) is 0 Å². The van der Waals surface area contributed by atoms with Crippen molar-refractivity contribution in [2.24, 2.45) is 0 Å². The SMILES string of the molecule is CN1CCC[C@H]1c1cccnc1.[Pb]. The van der Waals surface area contributed by atoms with Crippen LogP contribution in [0.3, 0.4) is 0 Å². The van der Waals surface area contributed by atoms with E-state index in [4.69, 9.17) is 0 Å². The van der Waals surface area contributed by atoms with Crippen molar-refractivity contribution in [1.82, 2.24) is 9.88 Å². The summed E-state index contributed by atoms with van der Waals surface area (Å²) < 4.78 is 0. The van der Waals surface area contributed by atoms with Crippen LogP contribution in [0.2, 0.25) is 0 Å². The molecule has 4 radical (unpaired) electrons. The van der Waals surface area contributed by atoms with Crippen LogP contribution < -0.4 is 0 Å². The second-order valence-electron chi connectivity index (χ2n) is 3.42. The molecule has 2 nitrogen and oxygen atoms in total. The van der Waals surface area contributed by atoms with Gasteiger partial charge in [-0.05, 0) is 38.1 Å². The molecule has 1 aromatic rings. The molecule has 2 heterocycles. The molecule has 0 N–H and O–H groups in total. The average Bonchev–Trinajstić information content (AvgIpc) is 2.53. The van der Waals surface area contributed by atoms with Crippen molar-refractivity contribution in [3.63, 3.8) is 0 Å². The summed E-state index contributed by atoms with van der Waals surface area (Å²) in [6.45, 7) is 1.22. The van der Waals surface area contributed by atoms with E-state index >= 15 is 0 Å². The van der Waals surface area contributed by atoms with Gasteiger partial charge in [0.25, 0.3) is 0 Å². The second-order valence-corrected chi connectivity index (χ2v) is 3.42. The maximum absolute atomic E-state index is 4.14. The molecule has 0 aliphatic carbocycles. The zero-order chi connectivity index (χ0) is 8.39. The molecule has 1 aliphatic rings. The van der Waals surface area contributed by atoms with Crippen molar-refractivity contribution in [1.29, 1.82) is 0 Å². The van der Waals surface area contributed by atoms with E-state index in [0.717, 1.165) is 0 Å². The van der Waals surface area contributed by atoms with Crippen LogP contribution in [0.1, 0.15) is 24.4 Å². The summed E-state index contributed by atoms with van der Waals surface area (Å²) in [6.07, 6.45) is 6.41. The summed E-state index contributed by atoms with van der Waals surface area (Å²) in [5, 5.41) is 0. The molecule has 1 aliphatic heterocycles. The minimum atomic E-state index is 0. The van der Waals surface area contributed by atoms with Gasteiger partial charge in [-0.15, -0.1) is 0 Å². The molecule has 13 heavy (non-hydrogen) atoms. The van der Waals surface area contributed by atoms with Crippen LogP contribution in [0.15, 0.2) is 24.5 Å². The zero-order valence-electron chi connectivity index (χ0n) is 7.90. The van der Waals surface area contributed by atoms with Gasteiger partial charge in [-0.2, -0.15) is 0 Å². The Balaban J connectivity index is 0.000000845. The van der Waals surface area contributed by atoms with Crippen molar-refractivity contribution in [3.05, 3.63) is 30.1 Å². The first-order valence-corrected chi connectivity index (χ1v) is 4.48. The van der Waals surface area contributed by atoms with Crippen LogP contribution in [0.25, 0.3) is 0 Å². The molecule has 0 saturated carbocycles. The molecule has 1 atom stereocenters. The maximum Gasteiger partial charge on any atom is 0.0360 e. The van der Waals surface area contributed by atoms with Crippen LogP contribution >= 0.6 is 0 Å². The first-order chi connectivity index (χ1) is 5.88. The molecule has 1 saturated heterocycles. The number of nitrogens with zero attached hydrogens (tertiary/aromatic N) is 2. The summed E-state index contributed by atoms with van der Waals surface area (Å²) in [4.78, 5) is 6.54. The van der Waals surface area contributed by atoms with Crippen molar-refractivity contribution in [2.45, 2.75) is 18.9 Å². The minimum absolute atomic E-state index is 0. The van der Waals surface area contributed by atoms with Crippen LogP contribution in [-0.4, -0.2) is 50.8 Å². The third kappa shape index (κ3) is 2.49. The fourth-order valence-corrected chi connectivity index (χ4v) is 1.90. The number of rotatable bonds is 1. The number of hydrogen-bond donors (Lipinski definition) is 0. The average molecular weight is 369 g/mol. The Bertz CT molecular complexity index is 250. The molecule has 0 amide bonds. The molecule has 0 unspecified atom stereocenters. The van der Waals surface area contributed by atoms with Gasteiger partial charge < -0.3 is 0 Å². The third-order valence-corrected chi connectivity index (χ3v) is 2.59. The number of hydrogen-bond acceptors (Lipinski definition) is 2. The molecule has 3 heteroatoms. The Morgan fingerprint density at radius 3 is 2.92 bits per heavy atom. The van der Waals surface area contributed by atoms with Crippen LogP contribution in [0.5, 0.6) is 0 Å². The van der Waals surface area contributed by atoms with E-state index in [-0.39, 0.29) is 27.3 Å². The molecule has 0 bridgehead atoms. The normalized spacial score (nSPS) is 22.7. The van der Waals surface area contributed by atoms with Crippen molar-refractivity contribution in [3.8, 4) is 0 Å². The van der Waals surface area contributed by atoms with E-state index in [1.807, 2.05) is 18.5 Å². The minimum Gasteiger partial charge on any atom is -0.299 e. The first kappa shape index (κ1) is 11.1. The largest absolute Gasteiger partial charge is 0.299 e. The molecule has 1 fully saturated rings. The van der Waals surface area contributed by atoms with E-state index in [9.17, 15) is 0 Å². The van der Waals surface area contributed by atoms with Gasteiger partial charge in [0.2, 0.25) is 0 Å². The molecular weight excluding hydrogens is 355 g/mol. The Morgan fingerprint density at radius 1 is 1.54 bits per heavy atom. The van der Waals surface area contributed by atoms with E-state index in [2.05, 4.69) is 23.0 Å². The Morgan fingerprint density at radius 2 is 2.38 bits per heavy atom. The predicted molar refractivity (Wildman–Crippen MR) is 54.6 cm³/mol. The summed E-state index contributed by atoms with van der Waals surface area (Å²) in [5.74, 6) is 0. The predicted octanol–water partition coefficient (Wildman–Crippen LogP) is 1.47. The van der Waals surface area contributed by atoms with Gasteiger partial charge in [0, 0.05) is 45.7 Å². The zero-order valence-corrected chi connectivity index (χ0v) is 11.8. The maximum atomic E-state index is 4.14. The van der Waals surface area contributed by atoms with Crippen LogP contribution in [-0.2, 0) is 0 Å².